The fourth-order valence-electron chi connectivity index (χ4n) is 4.64. The fraction of sp³-hybridized carbons (Fsp3) is 0.310. The van der Waals surface area contributed by atoms with Crippen LogP contribution in [0, 0.1) is 23.3 Å². The Bertz CT molecular complexity index is 1240. The Morgan fingerprint density at radius 3 is 2.05 bits per heavy atom. The predicted molar refractivity (Wildman–Crippen MR) is 130 cm³/mol. The van der Waals surface area contributed by atoms with Crippen molar-refractivity contribution >= 4 is 11.9 Å². The minimum absolute atomic E-state index is 0.0782. The summed E-state index contributed by atoms with van der Waals surface area (Å²) < 4.78 is 63.1. The molecule has 3 aromatic carbocycles. The van der Waals surface area contributed by atoms with Gasteiger partial charge in [-0.1, -0.05) is 74.6 Å². The number of halogens is 4. The maximum absolute atomic E-state index is 14.7. The molecular formula is C29H27F4NO3. The number of ether oxygens (including phenoxy) is 1. The van der Waals surface area contributed by atoms with Crippen molar-refractivity contribution in [1.82, 2.24) is 5.32 Å². The number of nitrogens with one attached hydrogen (secondary N) is 1. The van der Waals surface area contributed by atoms with E-state index in [1.54, 1.807) is 12.1 Å². The van der Waals surface area contributed by atoms with Gasteiger partial charge in [0.05, 0.1) is 5.56 Å². The Labute approximate surface area is 212 Å². The summed E-state index contributed by atoms with van der Waals surface area (Å²) in [4.78, 5) is 24.7. The Hall–Kier alpha value is -3.68. The highest BCUT2D eigenvalue weighted by Gasteiger charge is 2.31. The molecule has 194 valence electrons. The molecule has 1 aliphatic carbocycles. The summed E-state index contributed by atoms with van der Waals surface area (Å²) in [6, 6.07) is 14.7. The van der Waals surface area contributed by atoms with E-state index in [-0.39, 0.29) is 12.1 Å². The Balaban J connectivity index is 1.49. The Morgan fingerprint density at radius 1 is 0.784 bits per heavy atom. The van der Waals surface area contributed by atoms with Gasteiger partial charge >= 0.3 is 5.97 Å². The summed E-state index contributed by atoms with van der Waals surface area (Å²) in [5, 5.41) is 2.33. The van der Waals surface area contributed by atoms with Crippen LogP contribution in [0.4, 0.5) is 17.6 Å². The lowest BCUT2D eigenvalue weighted by molar-refractivity contribution is 0.0717. The number of esters is 1. The van der Waals surface area contributed by atoms with E-state index >= 15 is 0 Å². The molecule has 1 saturated carbocycles. The highest BCUT2D eigenvalue weighted by Crippen LogP contribution is 2.32. The molecule has 4 rings (SSSR count). The third kappa shape index (κ3) is 6.18. The van der Waals surface area contributed by atoms with Crippen LogP contribution in [0.2, 0.25) is 0 Å². The van der Waals surface area contributed by atoms with Crippen LogP contribution < -0.4 is 10.1 Å². The summed E-state index contributed by atoms with van der Waals surface area (Å²) in [6.45, 7) is -0.0910. The van der Waals surface area contributed by atoms with E-state index in [2.05, 4.69) is 10.1 Å². The largest absolute Gasteiger partial charge is 0.416 e. The van der Waals surface area contributed by atoms with Gasteiger partial charge in [-0.25, -0.2) is 13.6 Å². The van der Waals surface area contributed by atoms with Crippen molar-refractivity contribution in [3.63, 3.8) is 0 Å². The molecule has 4 nitrogen and oxygen atoms in total. The van der Waals surface area contributed by atoms with Gasteiger partial charge in [0.2, 0.25) is 17.4 Å². The molecule has 0 bridgehead atoms. The average molecular weight is 514 g/mol. The van der Waals surface area contributed by atoms with Gasteiger partial charge in [-0.15, -0.1) is 0 Å². The minimum Gasteiger partial charge on any atom is -0.416 e. The molecule has 0 heterocycles. The van der Waals surface area contributed by atoms with Crippen LogP contribution in [0.3, 0.4) is 0 Å². The van der Waals surface area contributed by atoms with Crippen molar-refractivity contribution in [2.75, 3.05) is 0 Å². The number of hydrogen-bond acceptors (Lipinski definition) is 3. The van der Waals surface area contributed by atoms with Crippen LogP contribution in [-0.4, -0.2) is 11.9 Å². The quantitative estimate of drug-likeness (QED) is 0.164. The van der Waals surface area contributed by atoms with E-state index in [1.807, 2.05) is 18.2 Å². The van der Waals surface area contributed by atoms with Crippen molar-refractivity contribution in [3.8, 4) is 5.75 Å². The summed E-state index contributed by atoms with van der Waals surface area (Å²) in [5.41, 5.74) is 0.326. The predicted octanol–water partition coefficient (Wildman–Crippen LogP) is 7.22. The number of hydrogen-bond donors (Lipinski definition) is 1. The molecule has 1 aliphatic rings. The van der Waals surface area contributed by atoms with E-state index in [9.17, 15) is 27.2 Å². The van der Waals surface area contributed by atoms with Gasteiger partial charge in [-0.3, -0.25) is 4.79 Å². The molecule has 1 fully saturated rings. The van der Waals surface area contributed by atoms with Crippen LogP contribution in [0.25, 0.3) is 0 Å². The van der Waals surface area contributed by atoms with Gasteiger partial charge in [0.25, 0.3) is 5.91 Å². The topological polar surface area (TPSA) is 55.4 Å². The molecule has 3 aromatic rings. The highest BCUT2D eigenvalue weighted by atomic mass is 19.2. The van der Waals surface area contributed by atoms with Crippen LogP contribution in [-0.2, 0) is 6.54 Å². The lowest BCUT2D eigenvalue weighted by Crippen LogP contribution is -2.26. The summed E-state index contributed by atoms with van der Waals surface area (Å²) in [6.07, 6.45) is 8.12. The lowest BCUT2D eigenvalue weighted by atomic mass is 9.85. The van der Waals surface area contributed by atoms with Gasteiger partial charge in [0, 0.05) is 6.54 Å². The van der Waals surface area contributed by atoms with Crippen molar-refractivity contribution in [2.45, 2.75) is 57.4 Å². The normalized spacial score (nSPS) is 14.5. The lowest BCUT2D eigenvalue weighted by Gasteiger charge is -2.20. The zero-order valence-corrected chi connectivity index (χ0v) is 20.2. The zero-order chi connectivity index (χ0) is 26.4. The van der Waals surface area contributed by atoms with Gasteiger partial charge in [0.15, 0.2) is 11.6 Å². The Morgan fingerprint density at radius 2 is 1.41 bits per heavy atom. The smallest absolute Gasteiger partial charge is 0.343 e. The van der Waals surface area contributed by atoms with Crippen molar-refractivity contribution < 1.29 is 31.9 Å². The van der Waals surface area contributed by atoms with Gasteiger partial charge in [-0.05, 0) is 42.0 Å². The average Bonchev–Trinajstić information content (AvgIpc) is 2.89. The molecule has 37 heavy (non-hydrogen) atoms. The molecular weight excluding hydrogens is 486 g/mol. The molecule has 0 saturated heterocycles. The number of rotatable bonds is 6. The summed E-state index contributed by atoms with van der Waals surface area (Å²) in [7, 11) is 0. The van der Waals surface area contributed by atoms with E-state index in [0.717, 1.165) is 31.2 Å². The van der Waals surface area contributed by atoms with Crippen LogP contribution in [0.5, 0.6) is 5.75 Å². The Kier molecular flexibility index (Phi) is 8.58. The van der Waals surface area contributed by atoms with Crippen LogP contribution in [0.15, 0.2) is 54.6 Å². The first-order valence-corrected chi connectivity index (χ1v) is 12.4. The van der Waals surface area contributed by atoms with Gasteiger partial charge < -0.3 is 10.1 Å². The molecule has 8 heteroatoms. The second-order valence-electron chi connectivity index (χ2n) is 9.19. The van der Waals surface area contributed by atoms with Crippen LogP contribution >= 0.6 is 0 Å². The highest BCUT2D eigenvalue weighted by molar-refractivity contribution is 5.95. The fourth-order valence-corrected chi connectivity index (χ4v) is 4.64. The van der Waals surface area contributed by atoms with Crippen molar-refractivity contribution in [2.24, 2.45) is 0 Å². The van der Waals surface area contributed by atoms with Crippen molar-refractivity contribution in [3.05, 3.63) is 100 Å². The third-order valence-electron chi connectivity index (χ3n) is 6.64. The molecule has 0 atom stereocenters. The number of benzene rings is 3. The van der Waals surface area contributed by atoms with Gasteiger partial charge in [-0.2, -0.15) is 8.78 Å². The second-order valence-corrected chi connectivity index (χ2v) is 9.19. The molecule has 0 spiro atoms. The van der Waals surface area contributed by atoms with E-state index < -0.39 is 46.5 Å². The first kappa shape index (κ1) is 26.4. The zero-order valence-electron chi connectivity index (χ0n) is 20.2. The van der Waals surface area contributed by atoms with Gasteiger partial charge in [0.1, 0.15) is 5.56 Å². The van der Waals surface area contributed by atoms with E-state index in [1.165, 1.54) is 43.5 Å². The molecule has 0 unspecified atom stereocenters. The molecule has 1 amide bonds. The maximum Gasteiger partial charge on any atom is 0.343 e. The van der Waals surface area contributed by atoms with E-state index in [4.69, 9.17) is 0 Å². The molecule has 0 radical (unpaired) electrons. The van der Waals surface area contributed by atoms with E-state index in [0.29, 0.717) is 11.5 Å². The standard InChI is InChI=1S/C29H27F4NO3/c30-23-22(24(31)26(33)27(25(23)32)37-29(36)20-13-7-4-8-14-20)28(35)34-17-18-10-9-15-21(16-18)19-11-5-2-1-3-6-12-19/h4,7-10,13-16,19H,1-3,5-6,11-12,17H2,(H,34,35). The maximum atomic E-state index is 14.7. The SMILES string of the molecule is O=C(Oc1c(F)c(F)c(C(=O)NCc2cccc(C3CCCCCCC3)c2)c(F)c1F)c1ccccc1. The molecule has 1 N–H and O–H groups in total. The molecule has 0 aromatic heterocycles. The second kappa shape index (κ2) is 12.0. The molecule has 0 aliphatic heterocycles. The number of carbonyl (C=O) groups excluding carboxylic acids is 2. The van der Waals surface area contributed by atoms with Crippen LogP contribution in [0.1, 0.15) is 82.7 Å². The summed E-state index contributed by atoms with van der Waals surface area (Å²) >= 11 is 0. The monoisotopic (exact) mass is 513 g/mol. The first-order chi connectivity index (χ1) is 17.9. The third-order valence-corrected chi connectivity index (χ3v) is 6.64. The van der Waals surface area contributed by atoms with Crippen molar-refractivity contribution in [1.29, 1.82) is 0 Å². The number of carbonyl (C=O) groups is 2. The minimum atomic E-state index is -1.97. The number of amides is 1. The summed E-state index contributed by atoms with van der Waals surface area (Å²) in [5.74, 6) is -11.5. The first-order valence-electron chi connectivity index (χ1n) is 12.4.